The third-order valence-corrected chi connectivity index (χ3v) is 4.24. The number of carbonyl (C=O) groups excluding carboxylic acids is 1. The van der Waals surface area contributed by atoms with Crippen LogP contribution in [0.3, 0.4) is 0 Å². The summed E-state index contributed by atoms with van der Waals surface area (Å²) >= 11 is 0. The summed E-state index contributed by atoms with van der Waals surface area (Å²) in [6, 6.07) is 9.98. The van der Waals surface area contributed by atoms with E-state index in [1.807, 2.05) is 43.3 Å². The fourth-order valence-electron chi connectivity index (χ4n) is 2.93. The third kappa shape index (κ3) is 3.36. The fraction of sp³-hybridized carbons (Fsp3) is 0.529. The molecule has 4 nitrogen and oxygen atoms in total. The van der Waals surface area contributed by atoms with E-state index in [0.29, 0.717) is 12.8 Å². The number of nitrogens with zero attached hydrogens (tertiary/aromatic N) is 2. The van der Waals surface area contributed by atoms with Gasteiger partial charge in [0.25, 0.3) is 0 Å². The van der Waals surface area contributed by atoms with Gasteiger partial charge in [0.05, 0.1) is 17.4 Å². The maximum Gasteiger partial charge on any atom is 0.244 e. The number of benzene rings is 1. The minimum atomic E-state index is -0.865. The van der Waals surface area contributed by atoms with Crippen molar-refractivity contribution < 1.29 is 4.79 Å². The van der Waals surface area contributed by atoms with E-state index in [0.717, 1.165) is 37.1 Å². The van der Waals surface area contributed by atoms with Gasteiger partial charge in [-0.15, -0.1) is 0 Å². The van der Waals surface area contributed by atoms with Crippen molar-refractivity contribution in [1.29, 1.82) is 5.26 Å². The molecule has 0 aliphatic heterocycles. The number of nitrogens with one attached hydrogen (secondary N) is 1. The minimum absolute atomic E-state index is 0.152. The van der Waals surface area contributed by atoms with E-state index in [4.69, 9.17) is 0 Å². The van der Waals surface area contributed by atoms with Gasteiger partial charge in [-0.1, -0.05) is 37.8 Å². The summed E-state index contributed by atoms with van der Waals surface area (Å²) in [6.45, 7) is 0. The highest BCUT2D eigenvalue weighted by molar-refractivity contribution is 5.99. The lowest BCUT2D eigenvalue weighted by Gasteiger charge is -2.25. The first kappa shape index (κ1) is 15.4. The Bertz CT molecular complexity index is 537. The number of rotatable bonds is 3. The molecule has 0 saturated heterocycles. The second-order valence-corrected chi connectivity index (χ2v) is 5.97. The molecule has 1 aromatic rings. The van der Waals surface area contributed by atoms with Crippen LogP contribution in [0, 0.1) is 16.7 Å². The molecule has 0 heterocycles. The molecule has 1 aliphatic rings. The number of hydrogen-bond acceptors (Lipinski definition) is 3. The molecular formula is C17H23N3O. The highest BCUT2D eigenvalue weighted by Gasteiger charge is 2.39. The summed E-state index contributed by atoms with van der Waals surface area (Å²) in [6.07, 6.45) is 5.47. The zero-order chi connectivity index (χ0) is 15.3. The van der Waals surface area contributed by atoms with Crippen LogP contribution >= 0.6 is 0 Å². The standard InChI is InChI=1S/C17H23N3O/c1-20(2)15-10-6-5-9-14(15)19-16(21)17(13-18)11-7-3-4-8-12-17/h5-6,9-10H,3-4,7-8,11-12H2,1-2H3,(H,19,21). The van der Waals surface area contributed by atoms with Crippen LogP contribution in [0.1, 0.15) is 38.5 Å². The first-order valence-electron chi connectivity index (χ1n) is 7.58. The Morgan fingerprint density at radius 1 is 1.19 bits per heavy atom. The molecule has 1 N–H and O–H groups in total. The van der Waals surface area contributed by atoms with Crippen molar-refractivity contribution in [2.75, 3.05) is 24.3 Å². The Balaban J connectivity index is 2.22. The van der Waals surface area contributed by atoms with Crippen molar-refractivity contribution >= 4 is 17.3 Å². The molecule has 112 valence electrons. The van der Waals surface area contributed by atoms with Crippen molar-refractivity contribution in [3.63, 3.8) is 0 Å². The van der Waals surface area contributed by atoms with Gasteiger partial charge in [0.2, 0.25) is 5.91 Å². The molecule has 1 aromatic carbocycles. The van der Waals surface area contributed by atoms with E-state index in [1.54, 1.807) is 0 Å². The van der Waals surface area contributed by atoms with E-state index in [1.165, 1.54) is 0 Å². The van der Waals surface area contributed by atoms with Gasteiger partial charge in [-0.25, -0.2) is 0 Å². The van der Waals surface area contributed by atoms with E-state index < -0.39 is 5.41 Å². The lowest BCUT2D eigenvalue weighted by molar-refractivity contribution is -0.123. The van der Waals surface area contributed by atoms with Crippen LogP contribution in [-0.2, 0) is 4.79 Å². The summed E-state index contributed by atoms with van der Waals surface area (Å²) in [7, 11) is 3.88. The van der Waals surface area contributed by atoms with Crippen molar-refractivity contribution in [3.05, 3.63) is 24.3 Å². The van der Waals surface area contributed by atoms with Gasteiger partial charge >= 0.3 is 0 Å². The van der Waals surface area contributed by atoms with E-state index in [-0.39, 0.29) is 5.91 Å². The molecule has 0 atom stereocenters. The maximum absolute atomic E-state index is 12.7. The van der Waals surface area contributed by atoms with E-state index >= 15 is 0 Å². The average molecular weight is 285 g/mol. The van der Waals surface area contributed by atoms with Crippen LogP contribution in [0.15, 0.2) is 24.3 Å². The van der Waals surface area contributed by atoms with Crippen LogP contribution in [-0.4, -0.2) is 20.0 Å². The molecule has 1 fully saturated rings. The average Bonchev–Trinajstić information content (AvgIpc) is 2.74. The lowest BCUT2D eigenvalue weighted by atomic mass is 9.81. The molecular weight excluding hydrogens is 262 g/mol. The SMILES string of the molecule is CN(C)c1ccccc1NC(=O)C1(C#N)CCCCCC1. The zero-order valence-electron chi connectivity index (χ0n) is 12.9. The monoisotopic (exact) mass is 285 g/mol. The zero-order valence-corrected chi connectivity index (χ0v) is 12.9. The van der Waals surface area contributed by atoms with Crippen LogP contribution in [0.2, 0.25) is 0 Å². The van der Waals surface area contributed by atoms with Gasteiger partial charge in [-0.2, -0.15) is 5.26 Å². The minimum Gasteiger partial charge on any atom is -0.376 e. The van der Waals surface area contributed by atoms with Gasteiger partial charge in [0, 0.05) is 14.1 Å². The first-order chi connectivity index (χ1) is 10.1. The van der Waals surface area contributed by atoms with Crippen LogP contribution in [0.5, 0.6) is 0 Å². The van der Waals surface area contributed by atoms with Gasteiger partial charge in [-0.05, 0) is 25.0 Å². The molecule has 0 bridgehead atoms. The number of nitriles is 1. The van der Waals surface area contributed by atoms with Gasteiger partial charge in [0.15, 0.2) is 0 Å². The second-order valence-electron chi connectivity index (χ2n) is 5.97. The largest absolute Gasteiger partial charge is 0.376 e. The Morgan fingerprint density at radius 3 is 2.38 bits per heavy atom. The molecule has 0 unspecified atom stereocenters. The number of para-hydroxylation sites is 2. The number of amides is 1. The molecule has 1 saturated carbocycles. The molecule has 4 heteroatoms. The van der Waals surface area contributed by atoms with E-state index in [2.05, 4.69) is 11.4 Å². The summed E-state index contributed by atoms with van der Waals surface area (Å²) in [5.74, 6) is -0.152. The summed E-state index contributed by atoms with van der Waals surface area (Å²) in [4.78, 5) is 14.7. The lowest BCUT2D eigenvalue weighted by Crippen LogP contribution is -2.35. The Labute approximate surface area is 126 Å². The maximum atomic E-state index is 12.7. The summed E-state index contributed by atoms with van der Waals surface area (Å²) < 4.78 is 0. The predicted octanol–water partition coefficient (Wildman–Crippen LogP) is 3.56. The Hall–Kier alpha value is -2.02. The molecule has 2 rings (SSSR count). The molecule has 0 spiro atoms. The number of carbonyl (C=O) groups is 1. The quantitative estimate of drug-likeness (QED) is 0.864. The van der Waals surface area contributed by atoms with Gasteiger partial charge in [0.1, 0.15) is 5.41 Å². The third-order valence-electron chi connectivity index (χ3n) is 4.24. The Morgan fingerprint density at radius 2 is 1.81 bits per heavy atom. The molecule has 21 heavy (non-hydrogen) atoms. The van der Waals surface area contributed by atoms with Crippen molar-refractivity contribution in [2.24, 2.45) is 5.41 Å². The van der Waals surface area contributed by atoms with Gasteiger partial charge in [-0.3, -0.25) is 4.79 Å². The number of hydrogen-bond donors (Lipinski definition) is 1. The summed E-state index contributed by atoms with van der Waals surface area (Å²) in [5, 5.41) is 12.6. The molecule has 0 aromatic heterocycles. The van der Waals surface area contributed by atoms with Crippen LogP contribution < -0.4 is 10.2 Å². The van der Waals surface area contributed by atoms with Crippen LogP contribution in [0.4, 0.5) is 11.4 Å². The highest BCUT2D eigenvalue weighted by atomic mass is 16.2. The summed E-state index contributed by atoms with van der Waals surface area (Å²) in [5.41, 5.74) is 0.856. The fourth-order valence-corrected chi connectivity index (χ4v) is 2.93. The molecule has 1 aliphatic carbocycles. The molecule has 1 amide bonds. The van der Waals surface area contributed by atoms with Crippen molar-refractivity contribution in [2.45, 2.75) is 38.5 Å². The van der Waals surface area contributed by atoms with Crippen molar-refractivity contribution in [3.8, 4) is 6.07 Å². The highest BCUT2D eigenvalue weighted by Crippen LogP contribution is 2.36. The number of anilines is 2. The van der Waals surface area contributed by atoms with Crippen molar-refractivity contribution in [1.82, 2.24) is 0 Å². The van der Waals surface area contributed by atoms with Gasteiger partial charge < -0.3 is 10.2 Å². The van der Waals surface area contributed by atoms with Crippen LogP contribution in [0.25, 0.3) is 0 Å². The molecule has 0 radical (unpaired) electrons. The smallest absolute Gasteiger partial charge is 0.244 e. The normalized spacial score (nSPS) is 17.4. The predicted molar refractivity (Wildman–Crippen MR) is 85.1 cm³/mol. The first-order valence-corrected chi connectivity index (χ1v) is 7.58. The Kier molecular flexibility index (Phi) is 4.85. The topological polar surface area (TPSA) is 56.1 Å². The second kappa shape index (κ2) is 6.62. The van der Waals surface area contributed by atoms with E-state index in [9.17, 15) is 10.1 Å².